The van der Waals surface area contributed by atoms with E-state index in [1.54, 1.807) is 20.2 Å². The van der Waals surface area contributed by atoms with Crippen LogP contribution < -0.4 is 0 Å². The van der Waals surface area contributed by atoms with E-state index < -0.39 is 29.4 Å². The van der Waals surface area contributed by atoms with Crippen molar-refractivity contribution in [1.82, 2.24) is 9.55 Å². The van der Waals surface area contributed by atoms with Crippen molar-refractivity contribution in [3.05, 3.63) is 23.5 Å². The first kappa shape index (κ1) is 21.7. The summed E-state index contributed by atoms with van der Waals surface area (Å²) >= 11 is 0. The van der Waals surface area contributed by atoms with Crippen LogP contribution in [-0.4, -0.2) is 44.1 Å². The second-order valence-corrected chi connectivity index (χ2v) is 7.80. The third-order valence-electron chi connectivity index (χ3n) is 5.80. The van der Waals surface area contributed by atoms with Crippen LogP contribution in [0.5, 0.6) is 5.75 Å². The number of phenols is 1. The molecule has 2 aromatic rings. The normalized spacial score (nSPS) is 22.0. The van der Waals surface area contributed by atoms with Crippen LogP contribution in [0.25, 0.3) is 11.0 Å². The van der Waals surface area contributed by atoms with Crippen LogP contribution in [0.1, 0.15) is 62.4 Å². The van der Waals surface area contributed by atoms with Crippen LogP contribution in [0.4, 0.5) is 0 Å². The molecule has 0 amide bonds. The molecule has 0 saturated carbocycles. The third kappa shape index (κ3) is 4.13. The summed E-state index contributed by atoms with van der Waals surface area (Å²) in [5.41, 5.74) is 1.73. The largest absolute Gasteiger partial charge is 0.507 e. The molecule has 8 nitrogen and oxygen atoms in total. The van der Waals surface area contributed by atoms with E-state index in [1.165, 1.54) is 6.07 Å². The highest BCUT2D eigenvalue weighted by Gasteiger charge is 2.29. The number of fused-ring (bicyclic) bond motifs is 3. The molecule has 30 heavy (non-hydrogen) atoms. The highest BCUT2D eigenvalue weighted by molar-refractivity contribution is 6.63. The number of hydrogen-bond acceptors (Lipinski definition) is 7. The number of carbonyl (C=O) groups is 4. The topological polar surface area (TPSA) is 116 Å². The molecule has 1 N–H and O–H groups in total. The van der Waals surface area contributed by atoms with Gasteiger partial charge in [0.25, 0.3) is 5.78 Å². The number of benzene rings is 1. The number of cyclic esters (lactones) is 1. The summed E-state index contributed by atoms with van der Waals surface area (Å²) in [5.74, 6) is -3.48. The van der Waals surface area contributed by atoms with Gasteiger partial charge >= 0.3 is 5.97 Å². The number of carbonyl (C=O) groups excluding carboxylic acids is 4. The van der Waals surface area contributed by atoms with E-state index in [1.807, 2.05) is 11.5 Å². The molecular weight excluding hydrogens is 388 g/mol. The van der Waals surface area contributed by atoms with E-state index in [4.69, 9.17) is 4.74 Å². The summed E-state index contributed by atoms with van der Waals surface area (Å²) in [6.45, 7) is 6.06. The summed E-state index contributed by atoms with van der Waals surface area (Å²) in [7, 11) is 0. The molecule has 1 aliphatic rings. The molecule has 0 unspecified atom stereocenters. The Morgan fingerprint density at radius 1 is 1.13 bits per heavy atom. The molecule has 3 rings (SSSR count). The predicted molar refractivity (Wildman–Crippen MR) is 108 cm³/mol. The zero-order chi connectivity index (χ0) is 22.0. The molecule has 1 aliphatic heterocycles. The van der Waals surface area contributed by atoms with Gasteiger partial charge in [0.2, 0.25) is 11.6 Å². The predicted octanol–water partition coefficient (Wildman–Crippen LogP) is 2.77. The summed E-state index contributed by atoms with van der Waals surface area (Å²) in [5, 5.41) is 10.6. The van der Waals surface area contributed by atoms with Crippen molar-refractivity contribution >= 4 is 34.4 Å². The van der Waals surface area contributed by atoms with Crippen molar-refractivity contribution in [1.29, 1.82) is 0 Å². The van der Waals surface area contributed by atoms with E-state index in [-0.39, 0.29) is 42.9 Å². The Kier molecular flexibility index (Phi) is 6.34. The number of rotatable bonds is 1. The number of aromatic hydroxyl groups is 1. The Hall–Kier alpha value is -3.03. The minimum atomic E-state index is -0.972. The number of esters is 1. The molecule has 2 atom stereocenters. The average molecular weight is 414 g/mol. The summed E-state index contributed by atoms with van der Waals surface area (Å²) in [6, 6.07) is 1.50. The maximum absolute atomic E-state index is 12.9. The van der Waals surface area contributed by atoms with E-state index in [0.29, 0.717) is 29.6 Å². The monoisotopic (exact) mass is 414 g/mol. The molecule has 160 valence electrons. The van der Waals surface area contributed by atoms with Gasteiger partial charge in [-0.05, 0) is 44.6 Å². The van der Waals surface area contributed by atoms with Crippen LogP contribution in [-0.2, 0) is 32.1 Å². The first-order chi connectivity index (χ1) is 14.2. The number of aryl methyl sites for hydroxylation is 2. The smallest absolute Gasteiger partial charge is 0.342 e. The van der Waals surface area contributed by atoms with E-state index in [0.717, 1.165) is 0 Å². The van der Waals surface area contributed by atoms with Gasteiger partial charge in [0, 0.05) is 25.5 Å². The molecule has 8 heteroatoms. The lowest BCUT2D eigenvalue weighted by Gasteiger charge is -2.22. The van der Waals surface area contributed by atoms with Crippen LogP contribution in [0, 0.1) is 5.92 Å². The van der Waals surface area contributed by atoms with Gasteiger partial charge in [-0.1, -0.05) is 6.92 Å². The zero-order valence-electron chi connectivity index (χ0n) is 17.4. The van der Waals surface area contributed by atoms with Crippen molar-refractivity contribution in [2.45, 2.75) is 65.5 Å². The van der Waals surface area contributed by atoms with Crippen LogP contribution in [0.15, 0.2) is 12.4 Å². The minimum absolute atomic E-state index is 0.0369. The van der Waals surface area contributed by atoms with Gasteiger partial charge in [0.15, 0.2) is 0 Å². The first-order valence-electron chi connectivity index (χ1n) is 10.3. The van der Waals surface area contributed by atoms with Crippen LogP contribution in [0.3, 0.4) is 0 Å². The van der Waals surface area contributed by atoms with Crippen molar-refractivity contribution in [2.24, 2.45) is 5.92 Å². The Bertz CT molecular complexity index is 1020. The minimum Gasteiger partial charge on any atom is -0.507 e. The number of Topliss-reactive ketones (excluding diaryl/α,β-unsaturated/α-hetero) is 3. The average Bonchev–Trinajstić information content (AvgIpc) is 3.12. The molecule has 2 heterocycles. The summed E-state index contributed by atoms with van der Waals surface area (Å²) in [4.78, 5) is 53.6. The van der Waals surface area contributed by atoms with Gasteiger partial charge in [0.1, 0.15) is 17.4 Å². The van der Waals surface area contributed by atoms with Gasteiger partial charge in [-0.2, -0.15) is 0 Å². The van der Waals surface area contributed by atoms with Gasteiger partial charge in [-0.25, -0.2) is 9.78 Å². The highest BCUT2D eigenvalue weighted by atomic mass is 16.5. The Labute approximate surface area is 174 Å². The van der Waals surface area contributed by atoms with Crippen molar-refractivity contribution in [2.75, 3.05) is 0 Å². The van der Waals surface area contributed by atoms with Gasteiger partial charge < -0.3 is 14.4 Å². The van der Waals surface area contributed by atoms with Crippen molar-refractivity contribution in [3.8, 4) is 5.75 Å². The quantitative estimate of drug-likeness (QED) is 0.563. The number of nitrogens with zero attached hydrogens (tertiary/aromatic N) is 2. The maximum Gasteiger partial charge on any atom is 0.342 e. The van der Waals surface area contributed by atoms with Gasteiger partial charge in [-0.3, -0.25) is 14.4 Å². The Balaban J connectivity index is 2.07. The van der Waals surface area contributed by atoms with Gasteiger partial charge in [-0.15, -0.1) is 0 Å². The lowest BCUT2D eigenvalue weighted by molar-refractivity contribution is -0.144. The molecule has 0 radical (unpaired) electrons. The summed E-state index contributed by atoms with van der Waals surface area (Å²) in [6.07, 6.45) is 1.68. The van der Waals surface area contributed by atoms with Crippen molar-refractivity contribution < 1.29 is 29.0 Å². The number of ether oxygens (including phenoxy) is 1. The first-order valence-corrected chi connectivity index (χ1v) is 10.3. The van der Waals surface area contributed by atoms with E-state index in [9.17, 15) is 24.3 Å². The highest BCUT2D eigenvalue weighted by Crippen LogP contribution is 2.32. The molecule has 1 aromatic heterocycles. The van der Waals surface area contributed by atoms with Crippen LogP contribution >= 0.6 is 0 Å². The van der Waals surface area contributed by atoms with E-state index >= 15 is 0 Å². The molecule has 0 fully saturated rings. The fraction of sp³-hybridized carbons (Fsp3) is 0.500. The summed E-state index contributed by atoms with van der Waals surface area (Å²) < 4.78 is 7.42. The molecule has 0 spiro atoms. The number of aromatic nitrogens is 2. The fourth-order valence-corrected chi connectivity index (χ4v) is 3.72. The maximum atomic E-state index is 12.9. The SMILES string of the molecule is CCn1cnc2c3c(c(O)cc21)C(=O)O[C@@H](C)[C@H](C)CCC(=O)C(=O)C(=O)CCC3. The number of imidazole rings is 1. The second kappa shape index (κ2) is 8.77. The molecule has 0 aliphatic carbocycles. The molecule has 0 bridgehead atoms. The standard InChI is InChI=1S/C22H26N2O6/c1-4-24-11-23-20-14-6-5-7-16(25)21(28)17(26)9-8-12(2)13(3)30-22(29)19(14)18(27)10-15(20)24/h10-13,27H,4-9H2,1-3H3/t12-,13+/m1/s1. The van der Waals surface area contributed by atoms with Gasteiger partial charge in [0.05, 0.1) is 17.4 Å². The fourth-order valence-electron chi connectivity index (χ4n) is 3.72. The number of ketones is 3. The number of hydrogen-bond donors (Lipinski definition) is 1. The van der Waals surface area contributed by atoms with Crippen LogP contribution in [0.2, 0.25) is 0 Å². The van der Waals surface area contributed by atoms with E-state index in [2.05, 4.69) is 4.98 Å². The lowest BCUT2D eigenvalue weighted by atomic mass is 9.94. The second-order valence-electron chi connectivity index (χ2n) is 7.80. The zero-order valence-corrected chi connectivity index (χ0v) is 17.4. The lowest BCUT2D eigenvalue weighted by Crippen LogP contribution is -2.27. The Morgan fingerprint density at radius 3 is 2.53 bits per heavy atom. The van der Waals surface area contributed by atoms with Crippen molar-refractivity contribution in [3.63, 3.8) is 0 Å². The number of phenolic OH excluding ortho intramolecular Hbond substituents is 1. The molecular formula is C22H26N2O6. The molecule has 1 aromatic carbocycles. The third-order valence-corrected chi connectivity index (χ3v) is 5.80. The Morgan fingerprint density at radius 2 is 1.83 bits per heavy atom. The molecule has 0 saturated heterocycles.